The van der Waals surface area contributed by atoms with Gasteiger partial charge in [0.1, 0.15) is 5.82 Å². The Balaban J connectivity index is 1.46. The first-order valence-corrected chi connectivity index (χ1v) is 11.2. The summed E-state index contributed by atoms with van der Waals surface area (Å²) in [7, 11) is -3.57. The highest BCUT2D eigenvalue weighted by molar-refractivity contribution is 7.88. The van der Waals surface area contributed by atoms with Crippen molar-refractivity contribution in [2.45, 2.75) is 50.1 Å². The molecule has 5 nitrogen and oxygen atoms in total. The predicted octanol–water partition coefficient (Wildman–Crippen LogP) is 3.21. The van der Waals surface area contributed by atoms with Crippen LogP contribution in [0.3, 0.4) is 0 Å². The van der Waals surface area contributed by atoms with Gasteiger partial charge in [0.2, 0.25) is 10.0 Å². The van der Waals surface area contributed by atoms with Crippen molar-refractivity contribution in [3.05, 3.63) is 71.0 Å². The largest absolute Gasteiger partial charge is 0.349 e. The molecule has 0 saturated heterocycles. The molecule has 2 fully saturated rings. The van der Waals surface area contributed by atoms with Crippen LogP contribution in [0.25, 0.3) is 0 Å². The van der Waals surface area contributed by atoms with Crippen LogP contribution in [-0.4, -0.2) is 30.7 Å². The van der Waals surface area contributed by atoms with E-state index < -0.39 is 15.8 Å². The summed E-state index contributed by atoms with van der Waals surface area (Å²) in [5.41, 5.74) is 1.85. The van der Waals surface area contributed by atoms with Gasteiger partial charge in [-0.25, -0.2) is 12.8 Å². The van der Waals surface area contributed by atoms with Gasteiger partial charge in [0, 0.05) is 24.2 Å². The number of sulfonamides is 1. The molecule has 2 aliphatic rings. The van der Waals surface area contributed by atoms with Gasteiger partial charge >= 0.3 is 0 Å². The average Bonchev–Trinajstić information content (AvgIpc) is 3.54. The van der Waals surface area contributed by atoms with E-state index in [1.54, 1.807) is 30.3 Å². The Labute approximate surface area is 164 Å². The van der Waals surface area contributed by atoms with Crippen LogP contribution in [0.5, 0.6) is 0 Å². The summed E-state index contributed by atoms with van der Waals surface area (Å²) in [5.74, 6) is -0.749. The second-order valence-corrected chi connectivity index (χ2v) is 9.53. The number of hydrogen-bond donors (Lipinski definition) is 1. The van der Waals surface area contributed by atoms with Gasteiger partial charge in [-0.3, -0.25) is 4.79 Å². The molecule has 2 aromatic carbocycles. The number of nitrogens with zero attached hydrogens (tertiary/aromatic N) is 1. The summed E-state index contributed by atoms with van der Waals surface area (Å²) in [6.07, 6.45) is 3.74. The van der Waals surface area contributed by atoms with Crippen LogP contribution < -0.4 is 5.32 Å². The molecular weight excluding hydrogens is 379 g/mol. The summed E-state index contributed by atoms with van der Waals surface area (Å²) in [6.45, 7) is 0.257. The van der Waals surface area contributed by atoms with Crippen molar-refractivity contribution in [3.63, 3.8) is 0 Å². The lowest BCUT2D eigenvalue weighted by Crippen LogP contribution is -2.33. The maximum Gasteiger partial charge on any atom is 0.251 e. The fraction of sp³-hybridized carbons (Fsp3) is 0.381. The molecular formula is C21H23FN2O3S. The van der Waals surface area contributed by atoms with Crippen molar-refractivity contribution in [2.75, 3.05) is 0 Å². The molecule has 28 heavy (non-hydrogen) atoms. The van der Waals surface area contributed by atoms with Gasteiger partial charge in [0.25, 0.3) is 5.91 Å². The summed E-state index contributed by atoms with van der Waals surface area (Å²) < 4.78 is 40.8. The van der Waals surface area contributed by atoms with E-state index in [0.29, 0.717) is 17.2 Å². The fourth-order valence-electron chi connectivity index (χ4n) is 3.18. The molecule has 0 aliphatic heterocycles. The molecule has 1 N–H and O–H groups in total. The van der Waals surface area contributed by atoms with Crippen molar-refractivity contribution < 1.29 is 17.6 Å². The maximum absolute atomic E-state index is 13.4. The van der Waals surface area contributed by atoms with Crippen molar-refractivity contribution in [1.82, 2.24) is 9.62 Å². The van der Waals surface area contributed by atoms with Crippen LogP contribution in [0, 0.1) is 5.82 Å². The van der Waals surface area contributed by atoms with Crippen LogP contribution in [0.15, 0.2) is 48.5 Å². The Morgan fingerprint density at radius 2 is 1.75 bits per heavy atom. The lowest BCUT2D eigenvalue weighted by Gasteiger charge is -2.22. The zero-order valence-corrected chi connectivity index (χ0v) is 16.3. The third-order valence-electron chi connectivity index (χ3n) is 5.02. The number of halogens is 1. The lowest BCUT2D eigenvalue weighted by atomic mass is 10.1. The highest BCUT2D eigenvalue weighted by Gasteiger charge is 2.37. The summed E-state index contributed by atoms with van der Waals surface area (Å²) in [4.78, 5) is 12.1. The first kappa shape index (κ1) is 19.1. The highest BCUT2D eigenvalue weighted by Crippen LogP contribution is 2.32. The predicted molar refractivity (Wildman–Crippen MR) is 105 cm³/mol. The molecule has 2 saturated carbocycles. The molecule has 0 heterocycles. The smallest absolute Gasteiger partial charge is 0.251 e. The highest BCUT2D eigenvalue weighted by atomic mass is 32.2. The molecule has 2 aromatic rings. The van der Waals surface area contributed by atoms with Crippen LogP contribution in [0.4, 0.5) is 4.39 Å². The molecule has 0 bridgehead atoms. The van der Waals surface area contributed by atoms with Crippen molar-refractivity contribution >= 4 is 15.9 Å². The molecule has 148 valence electrons. The van der Waals surface area contributed by atoms with Crippen molar-refractivity contribution in [1.29, 1.82) is 0 Å². The number of amides is 1. The van der Waals surface area contributed by atoms with Gasteiger partial charge in [0.05, 0.1) is 5.75 Å². The van der Waals surface area contributed by atoms with Gasteiger partial charge in [-0.15, -0.1) is 0 Å². The van der Waals surface area contributed by atoms with Crippen molar-refractivity contribution in [3.8, 4) is 0 Å². The standard InChI is InChI=1S/C21H23FN2O3S/c22-18-3-1-2-16(12-18)14-28(26,27)24(20-10-11-20)13-15-4-6-17(7-5-15)21(25)23-19-8-9-19/h1-7,12,19-20H,8-11,13-14H2,(H,23,25). The number of carbonyl (C=O) groups is 1. The van der Waals surface area contributed by atoms with Gasteiger partial charge in [-0.05, 0) is 61.1 Å². The Bertz CT molecular complexity index is 967. The van der Waals surface area contributed by atoms with E-state index >= 15 is 0 Å². The Hall–Kier alpha value is -2.25. The topological polar surface area (TPSA) is 66.5 Å². The normalized spacial score (nSPS) is 16.9. The minimum absolute atomic E-state index is 0.00333. The molecule has 7 heteroatoms. The van der Waals surface area contributed by atoms with E-state index in [4.69, 9.17) is 0 Å². The summed E-state index contributed by atoms with van der Waals surface area (Å²) in [6, 6.07) is 13.1. The molecule has 0 spiro atoms. The molecule has 0 radical (unpaired) electrons. The Kier molecular flexibility index (Phi) is 5.21. The SMILES string of the molecule is O=C(NC1CC1)c1ccc(CN(C2CC2)S(=O)(=O)Cc2cccc(F)c2)cc1. The van der Waals surface area contributed by atoms with E-state index in [0.717, 1.165) is 31.2 Å². The molecule has 1 amide bonds. The third-order valence-corrected chi connectivity index (χ3v) is 6.86. The summed E-state index contributed by atoms with van der Waals surface area (Å²) in [5, 5.41) is 2.94. The fourth-order valence-corrected chi connectivity index (χ4v) is 4.95. The van der Waals surface area contributed by atoms with Gasteiger partial charge < -0.3 is 5.32 Å². The van der Waals surface area contributed by atoms with E-state index in [1.165, 1.54) is 22.5 Å². The Morgan fingerprint density at radius 3 is 2.36 bits per heavy atom. The number of rotatable bonds is 8. The number of benzene rings is 2. The number of carbonyl (C=O) groups excluding carboxylic acids is 1. The van der Waals surface area contributed by atoms with Crippen LogP contribution in [0.1, 0.15) is 47.2 Å². The number of nitrogens with one attached hydrogen (secondary N) is 1. The van der Waals surface area contributed by atoms with E-state index in [9.17, 15) is 17.6 Å². The monoisotopic (exact) mass is 402 g/mol. The average molecular weight is 402 g/mol. The molecule has 2 aliphatic carbocycles. The molecule has 0 aromatic heterocycles. The van der Waals surface area contributed by atoms with Crippen LogP contribution in [0.2, 0.25) is 0 Å². The minimum Gasteiger partial charge on any atom is -0.349 e. The zero-order valence-electron chi connectivity index (χ0n) is 15.5. The molecule has 0 atom stereocenters. The summed E-state index contributed by atoms with van der Waals surface area (Å²) >= 11 is 0. The minimum atomic E-state index is -3.57. The maximum atomic E-state index is 13.4. The van der Waals surface area contributed by atoms with E-state index in [1.807, 2.05) is 0 Å². The Morgan fingerprint density at radius 1 is 1.04 bits per heavy atom. The van der Waals surface area contributed by atoms with Gasteiger partial charge in [-0.1, -0.05) is 24.3 Å². The second-order valence-electron chi connectivity index (χ2n) is 7.61. The van der Waals surface area contributed by atoms with Crippen molar-refractivity contribution in [2.24, 2.45) is 0 Å². The molecule has 0 unspecified atom stereocenters. The molecule has 4 rings (SSSR count). The first-order valence-electron chi connectivity index (χ1n) is 9.54. The van der Waals surface area contributed by atoms with Crippen LogP contribution >= 0.6 is 0 Å². The second kappa shape index (κ2) is 7.64. The van der Waals surface area contributed by atoms with Gasteiger partial charge in [0.15, 0.2) is 0 Å². The van der Waals surface area contributed by atoms with E-state index in [-0.39, 0.29) is 24.2 Å². The van der Waals surface area contributed by atoms with Crippen LogP contribution in [-0.2, 0) is 22.3 Å². The third kappa shape index (κ3) is 4.77. The number of hydrogen-bond acceptors (Lipinski definition) is 3. The quantitative estimate of drug-likeness (QED) is 0.737. The van der Waals surface area contributed by atoms with Gasteiger partial charge in [-0.2, -0.15) is 4.31 Å². The lowest BCUT2D eigenvalue weighted by molar-refractivity contribution is 0.0951. The first-order chi connectivity index (χ1) is 13.4. The van der Waals surface area contributed by atoms with E-state index in [2.05, 4.69) is 5.32 Å². The zero-order chi connectivity index (χ0) is 19.7.